The molecule has 2 amide bonds. The fourth-order valence-electron chi connectivity index (χ4n) is 5.03. The zero-order valence-corrected chi connectivity index (χ0v) is 23.8. The number of nitrogens with zero attached hydrogens (tertiary/aromatic N) is 2. The number of hydrogen-bond acceptors (Lipinski definition) is 5. The Morgan fingerprint density at radius 3 is 2.12 bits per heavy atom. The number of morpholine rings is 1. The van der Waals surface area contributed by atoms with Crippen molar-refractivity contribution in [1.29, 1.82) is 5.26 Å². The van der Waals surface area contributed by atoms with Gasteiger partial charge in [-0.15, -0.1) is 0 Å². The number of ether oxygens (including phenoxy) is 1. The first-order valence-electron chi connectivity index (χ1n) is 13.2. The third kappa shape index (κ3) is 7.25. The molecule has 0 spiro atoms. The number of halogens is 2. The van der Waals surface area contributed by atoms with Gasteiger partial charge in [0.1, 0.15) is 24.8 Å². The SMILES string of the molecule is CCC[C@H](C(=O)NCC(=O)O)N1C(=O)[C@H](Cc2ccc(C#N)cc2)O[C@@H](c2ccc(Cl)cc2)[C@H]1c1ccc(Cl)cc1. The van der Waals surface area contributed by atoms with E-state index in [0.717, 1.165) is 11.1 Å². The van der Waals surface area contributed by atoms with E-state index in [1.807, 2.05) is 19.1 Å². The standard InChI is InChI=1S/C31H29Cl2N3O5/c1-2-3-25(30(39)35-18-27(37)38)36-28(21-8-12-23(32)13-9-21)29(22-10-14-24(33)15-11-22)41-26(31(36)40)16-19-4-6-20(17-34)7-5-19/h4-15,25-26,28-29H,2-3,16,18H2,1H3,(H,35,39)(H,37,38)/t25-,26+,28-,29+/m1/s1. The second-order valence-corrected chi connectivity index (χ2v) is 10.6. The summed E-state index contributed by atoms with van der Waals surface area (Å²) in [6.07, 6.45) is -0.582. The number of nitriles is 1. The molecular formula is C31H29Cl2N3O5. The molecule has 10 heteroatoms. The van der Waals surface area contributed by atoms with E-state index >= 15 is 0 Å². The predicted molar refractivity (Wildman–Crippen MR) is 154 cm³/mol. The molecule has 41 heavy (non-hydrogen) atoms. The Morgan fingerprint density at radius 1 is 1.00 bits per heavy atom. The number of nitrogens with one attached hydrogen (secondary N) is 1. The van der Waals surface area contributed by atoms with Gasteiger partial charge in [-0.3, -0.25) is 14.4 Å². The van der Waals surface area contributed by atoms with Crippen LogP contribution < -0.4 is 5.32 Å². The normalized spacial score (nSPS) is 19.3. The summed E-state index contributed by atoms with van der Waals surface area (Å²) in [6, 6.07) is 21.4. The van der Waals surface area contributed by atoms with Gasteiger partial charge in [-0.25, -0.2) is 0 Å². The minimum Gasteiger partial charge on any atom is -0.480 e. The molecule has 4 atom stereocenters. The van der Waals surface area contributed by atoms with E-state index < -0.39 is 48.6 Å². The third-order valence-corrected chi connectivity index (χ3v) is 7.46. The van der Waals surface area contributed by atoms with E-state index in [-0.39, 0.29) is 6.42 Å². The van der Waals surface area contributed by atoms with Crippen molar-refractivity contribution in [2.45, 2.75) is 50.5 Å². The fourth-order valence-corrected chi connectivity index (χ4v) is 5.28. The van der Waals surface area contributed by atoms with Gasteiger partial charge < -0.3 is 20.1 Å². The molecule has 0 aromatic heterocycles. The Bertz CT molecular complexity index is 1420. The third-order valence-electron chi connectivity index (χ3n) is 6.96. The summed E-state index contributed by atoms with van der Waals surface area (Å²) >= 11 is 12.4. The van der Waals surface area contributed by atoms with Gasteiger partial charge in [0, 0.05) is 16.5 Å². The highest BCUT2D eigenvalue weighted by atomic mass is 35.5. The molecule has 2 N–H and O–H groups in total. The van der Waals surface area contributed by atoms with Crippen LogP contribution in [0.15, 0.2) is 72.8 Å². The lowest BCUT2D eigenvalue weighted by Crippen LogP contribution is -2.59. The predicted octanol–water partition coefficient (Wildman–Crippen LogP) is 5.49. The van der Waals surface area contributed by atoms with Crippen LogP contribution in [-0.2, 0) is 25.5 Å². The number of carbonyl (C=O) groups excluding carboxylic acids is 2. The molecule has 212 valence electrons. The van der Waals surface area contributed by atoms with Crippen molar-refractivity contribution in [3.8, 4) is 6.07 Å². The van der Waals surface area contributed by atoms with Crippen LogP contribution in [0.4, 0.5) is 0 Å². The van der Waals surface area contributed by atoms with Crippen molar-refractivity contribution in [1.82, 2.24) is 10.2 Å². The summed E-state index contributed by atoms with van der Waals surface area (Å²) in [5.41, 5.74) is 2.72. The molecule has 0 saturated carbocycles. The Labute approximate surface area is 248 Å². The first kappa shape index (κ1) is 30.1. The molecule has 1 saturated heterocycles. The molecule has 1 fully saturated rings. The van der Waals surface area contributed by atoms with Crippen molar-refractivity contribution in [2.75, 3.05) is 6.54 Å². The van der Waals surface area contributed by atoms with Gasteiger partial charge in [0.25, 0.3) is 5.91 Å². The van der Waals surface area contributed by atoms with E-state index in [4.69, 9.17) is 27.9 Å². The molecule has 1 heterocycles. The molecule has 3 aromatic rings. The lowest BCUT2D eigenvalue weighted by molar-refractivity contribution is -0.181. The monoisotopic (exact) mass is 593 g/mol. The van der Waals surface area contributed by atoms with E-state index in [9.17, 15) is 24.8 Å². The molecule has 3 aromatic carbocycles. The number of rotatable bonds is 10. The number of carboxylic acid groups (broad SMARTS) is 1. The molecule has 1 aliphatic rings. The van der Waals surface area contributed by atoms with Crippen LogP contribution in [0.2, 0.25) is 10.0 Å². The second-order valence-electron chi connectivity index (χ2n) is 9.77. The van der Waals surface area contributed by atoms with E-state index in [0.29, 0.717) is 34.0 Å². The maximum atomic E-state index is 14.3. The summed E-state index contributed by atoms with van der Waals surface area (Å²) in [6.45, 7) is 1.32. The lowest BCUT2D eigenvalue weighted by atomic mass is 9.88. The number of carbonyl (C=O) groups is 3. The van der Waals surface area contributed by atoms with Crippen LogP contribution in [0.1, 0.15) is 54.2 Å². The van der Waals surface area contributed by atoms with Crippen molar-refractivity contribution >= 4 is 41.0 Å². The summed E-state index contributed by atoms with van der Waals surface area (Å²) in [5, 5.41) is 21.9. The number of amides is 2. The Balaban J connectivity index is 1.84. The van der Waals surface area contributed by atoms with Crippen molar-refractivity contribution in [2.24, 2.45) is 0 Å². The van der Waals surface area contributed by atoms with Crippen molar-refractivity contribution in [3.05, 3.63) is 105 Å². The molecule has 0 aliphatic carbocycles. The smallest absolute Gasteiger partial charge is 0.322 e. The van der Waals surface area contributed by atoms with Gasteiger partial charge in [0.2, 0.25) is 5.91 Å². The van der Waals surface area contributed by atoms with Gasteiger partial charge in [0.05, 0.1) is 17.7 Å². The molecule has 8 nitrogen and oxygen atoms in total. The van der Waals surface area contributed by atoms with Gasteiger partial charge >= 0.3 is 5.97 Å². The van der Waals surface area contributed by atoms with Crippen LogP contribution in [0.5, 0.6) is 0 Å². The van der Waals surface area contributed by atoms with Gasteiger partial charge in [-0.05, 0) is 59.5 Å². The number of hydrogen-bond donors (Lipinski definition) is 2. The Morgan fingerprint density at radius 2 is 1.59 bits per heavy atom. The molecule has 1 aliphatic heterocycles. The quantitative estimate of drug-likeness (QED) is 0.321. The Kier molecular flexibility index (Phi) is 10.0. The largest absolute Gasteiger partial charge is 0.480 e. The van der Waals surface area contributed by atoms with E-state index in [1.165, 1.54) is 0 Å². The van der Waals surface area contributed by atoms with Gasteiger partial charge in [-0.1, -0.05) is 72.9 Å². The fraction of sp³-hybridized carbons (Fsp3) is 0.290. The highest BCUT2D eigenvalue weighted by Crippen LogP contribution is 2.44. The second kappa shape index (κ2) is 13.6. The number of aliphatic carboxylic acids is 1. The van der Waals surface area contributed by atoms with Crippen LogP contribution in [-0.4, -0.2) is 46.5 Å². The first-order valence-corrected chi connectivity index (χ1v) is 13.9. The average Bonchev–Trinajstić information content (AvgIpc) is 2.97. The first-order chi connectivity index (χ1) is 19.7. The summed E-state index contributed by atoms with van der Waals surface area (Å²) in [5.74, 6) is -2.15. The maximum Gasteiger partial charge on any atom is 0.322 e. The van der Waals surface area contributed by atoms with Crippen LogP contribution in [0.3, 0.4) is 0 Å². The zero-order chi connectivity index (χ0) is 29.5. The summed E-state index contributed by atoms with van der Waals surface area (Å²) in [7, 11) is 0. The highest BCUT2D eigenvalue weighted by molar-refractivity contribution is 6.30. The lowest BCUT2D eigenvalue weighted by Gasteiger charge is -2.47. The van der Waals surface area contributed by atoms with Gasteiger partial charge in [0.15, 0.2) is 0 Å². The average molecular weight is 594 g/mol. The molecular weight excluding hydrogens is 565 g/mol. The minimum atomic E-state index is -1.19. The summed E-state index contributed by atoms with van der Waals surface area (Å²) in [4.78, 5) is 40.5. The molecule has 0 unspecified atom stereocenters. The molecule has 0 bridgehead atoms. The number of carboxylic acids is 1. The molecule has 4 rings (SSSR count). The van der Waals surface area contributed by atoms with E-state index in [1.54, 1.807) is 65.6 Å². The topological polar surface area (TPSA) is 120 Å². The zero-order valence-electron chi connectivity index (χ0n) is 22.3. The van der Waals surface area contributed by atoms with Crippen LogP contribution in [0.25, 0.3) is 0 Å². The van der Waals surface area contributed by atoms with Crippen LogP contribution in [0, 0.1) is 11.3 Å². The maximum absolute atomic E-state index is 14.3. The van der Waals surface area contributed by atoms with Gasteiger partial charge in [-0.2, -0.15) is 5.26 Å². The van der Waals surface area contributed by atoms with Crippen LogP contribution >= 0.6 is 23.2 Å². The van der Waals surface area contributed by atoms with Crippen molar-refractivity contribution < 1.29 is 24.2 Å². The summed E-state index contributed by atoms with van der Waals surface area (Å²) < 4.78 is 6.56. The minimum absolute atomic E-state index is 0.202. The Hall–Kier alpha value is -3.90. The molecule has 0 radical (unpaired) electrons. The highest BCUT2D eigenvalue weighted by Gasteiger charge is 2.48. The van der Waals surface area contributed by atoms with Crippen molar-refractivity contribution in [3.63, 3.8) is 0 Å². The van der Waals surface area contributed by atoms with E-state index in [2.05, 4.69) is 11.4 Å². The number of benzene rings is 3.